The first kappa shape index (κ1) is 37.3. The van der Waals surface area contributed by atoms with Crippen LogP contribution >= 0.6 is 11.6 Å². The molecule has 0 saturated heterocycles. The monoisotopic (exact) mass is 741 g/mol. The molecule has 1 aliphatic rings. The third-order valence-corrected chi connectivity index (χ3v) is 8.00. The molecule has 0 radical (unpaired) electrons. The lowest BCUT2D eigenvalue weighted by Crippen LogP contribution is -2.41. The fourth-order valence-corrected chi connectivity index (χ4v) is 5.00. The number of benzene rings is 3. The van der Waals surface area contributed by atoms with Crippen molar-refractivity contribution in [3.05, 3.63) is 88.9 Å². The highest BCUT2D eigenvalue weighted by Gasteiger charge is 2.45. The summed E-state index contributed by atoms with van der Waals surface area (Å²) in [7, 11) is 1.47. The Labute approximate surface area is 299 Å². The van der Waals surface area contributed by atoms with Crippen LogP contribution in [0.2, 0.25) is 5.02 Å². The van der Waals surface area contributed by atoms with Crippen molar-refractivity contribution in [2.75, 3.05) is 29.7 Å². The first-order valence-corrected chi connectivity index (χ1v) is 16.0. The first-order valence-electron chi connectivity index (χ1n) is 15.6. The van der Waals surface area contributed by atoms with Gasteiger partial charge in [0.1, 0.15) is 11.8 Å². The molecule has 0 spiro atoms. The number of carboxylic acid groups (broad SMARTS) is 1. The molecule has 272 valence electrons. The maximum atomic E-state index is 12.9. The normalized spacial score (nSPS) is 13.6. The fraction of sp³-hybridized carbons (Fsp3) is 0.265. The molecular weight excluding hydrogens is 711 g/mol. The maximum absolute atomic E-state index is 12.9. The highest BCUT2D eigenvalue weighted by Crippen LogP contribution is 2.48. The van der Waals surface area contributed by atoms with Gasteiger partial charge in [-0.05, 0) is 85.5 Å². The van der Waals surface area contributed by atoms with E-state index in [1.165, 1.54) is 43.5 Å². The lowest BCUT2D eigenvalue weighted by molar-refractivity contribution is -0.154. The molecule has 1 atom stereocenters. The predicted molar refractivity (Wildman–Crippen MR) is 182 cm³/mol. The molecule has 4 aromatic rings. The number of methoxy groups -OCH3 is 1. The second-order valence-corrected chi connectivity index (χ2v) is 12.0. The van der Waals surface area contributed by atoms with E-state index in [1.54, 1.807) is 24.3 Å². The van der Waals surface area contributed by atoms with Gasteiger partial charge in [0.25, 0.3) is 11.8 Å². The zero-order valence-corrected chi connectivity index (χ0v) is 28.0. The highest BCUT2D eigenvalue weighted by molar-refractivity contribution is 6.40. The number of carbonyl (C=O) groups excluding carboxylic acids is 3. The Bertz CT molecular complexity index is 1930. The Morgan fingerprint density at radius 3 is 2.13 bits per heavy atom. The van der Waals surface area contributed by atoms with Gasteiger partial charge >= 0.3 is 18.2 Å². The second-order valence-electron chi connectivity index (χ2n) is 11.6. The van der Waals surface area contributed by atoms with Gasteiger partial charge in [-0.2, -0.15) is 28.1 Å². The SMILES string of the molecule is COc1ccc(NC(=O)C(=O)CC[C@H](NC(=O)c2ccc(Nc3nc(NC4(c5ccc(Cl)cc5)CC4)nc(OCC(F)(F)F)n3)cc2)C(=O)O)cc1. The summed E-state index contributed by atoms with van der Waals surface area (Å²) >= 11 is 6.01. The zero-order chi connectivity index (χ0) is 37.5. The molecule has 2 amide bonds. The second kappa shape index (κ2) is 15.9. The number of aliphatic carboxylic acids is 1. The fourth-order valence-electron chi connectivity index (χ4n) is 4.87. The van der Waals surface area contributed by atoms with E-state index in [0.29, 0.717) is 35.0 Å². The van der Waals surface area contributed by atoms with E-state index in [0.717, 1.165) is 5.56 Å². The number of halogens is 4. The van der Waals surface area contributed by atoms with E-state index in [9.17, 15) is 37.5 Å². The average Bonchev–Trinajstić information content (AvgIpc) is 3.89. The molecule has 3 aromatic carbocycles. The van der Waals surface area contributed by atoms with Crippen molar-refractivity contribution >= 4 is 58.4 Å². The molecule has 0 bridgehead atoms. The van der Waals surface area contributed by atoms with E-state index in [2.05, 4.69) is 36.2 Å². The van der Waals surface area contributed by atoms with E-state index in [-0.39, 0.29) is 23.9 Å². The van der Waals surface area contributed by atoms with Crippen LogP contribution in [0, 0.1) is 0 Å². The van der Waals surface area contributed by atoms with Crippen molar-refractivity contribution in [1.82, 2.24) is 20.3 Å². The van der Waals surface area contributed by atoms with Crippen molar-refractivity contribution in [3.8, 4) is 11.8 Å². The topological polar surface area (TPSA) is 194 Å². The molecule has 5 N–H and O–H groups in total. The van der Waals surface area contributed by atoms with Crippen LogP contribution in [0.25, 0.3) is 0 Å². The molecule has 5 rings (SSSR count). The largest absolute Gasteiger partial charge is 0.497 e. The van der Waals surface area contributed by atoms with Crippen LogP contribution in [0.5, 0.6) is 11.8 Å². The highest BCUT2D eigenvalue weighted by atomic mass is 35.5. The van der Waals surface area contributed by atoms with E-state index < -0.39 is 60.4 Å². The van der Waals surface area contributed by atoms with Gasteiger partial charge in [-0.1, -0.05) is 23.7 Å². The number of nitrogens with zero attached hydrogens (tertiary/aromatic N) is 3. The summed E-state index contributed by atoms with van der Waals surface area (Å²) in [5, 5.41) is 20.9. The molecule has 0 aliphatic heterocycles. The summed E-state index contributed by atoms with van der Waals surface area (Å²) in [6.07, 6.45) is -4.06. The van der Waals surface area contributed by atoms with Gasteiger partial charge in [-0.25, -0.2) is 4.79 Å². The lowest BCUT2D eigenvalue weighted by atomic mass is 10.1. The summed E-state index contributed by atoms with van der Waals surface area (Å²) in [4.78, 5) is 61.7. The average molecular weight is 742 g/mol. The van der Waals surface area contributed by atoms with Crippen molar-refractivity contribution in [2.45, 2.75) is 43.4 Å². The minimum absolute atomic E-state index is 0.0467. The van der Waals surface area contributed by atoms with Crippen LogP contribution in [-0.2, 0) is 19.9 Å². The summed E-state index contributed by atoms with van der Waals surface area (Å²) < 4.78 is 48.6. The third kappa shape index (κ3) is 10.3. The number of ether oxygens (including phenoxy) is 2. The number of hydrogen-bond acceptors (Lipinski definition) is 11. The molecule has 52 heavy (non-hydrogen) atoms. The molecule has 1 heterocycles. The number of hydrogen-bond donors (Lipinski definition) is 5. The minimum Gasteiger partial charge on any atom is -0.497 e. The van der Waals surface area contributed by atoms with Gasteiger partial charge in [0.2, 0.25) is 17.7 Å². The number of rotatable bonds is 16. The standard InChI is InChI=1S/C34H31ClF3N7O7/c1-51-24-12-10-22(11-13-24)39-28(48)26(46)15-14-25(29(49)50)41-27(47)19-2-8-23(9-3-19)40-30-42-31(44-32(43-30)52-18-34(36,37)38)45-33(16-17-33)20-4-6-21(35)7-5-20/h2-13,25H,14-18H2,1H3,(H,39,48)(H,41,47)(H,49,50)(H2,40,42,43,44,45)/t25-/m0/s1. The Morgan fingerprint density at radius 1 is 0.904 bits per heavy atom. The number of alkyl halides is 3. The number of amides is 2. The van der Waals surface area contributed by atoms with Gasteiger partial charge in [0, 0.05) is 28.4 Å². The Kier molecular flexibility index (Phi) is 11.4. The van der Waals surface area contributed by atoms with Crippen LogP contribution < -0.4 is 30.7 Å². The van der Waals surface area contributed by atoms with E-state index in [4.69, 9.17) is 21.1 Å². The van der Waals surface area contributed by atoms with Crippen LogP contribution in [0.3, 0.4) is 0 Å². The predicted octanol–water partition coefficient (Wildman–Crippen LogP) is 5.49. The maximum Gasteiger partial charge on any atom is 0.422 e. The number of nitrogens with one attached hydrogen (secondary N) is 4. The van der Waals surface area contributed by atoms with Crippen molar-refractivity contribution < 1.29 is 46.9 Å². The molecule has 1 aromatic heterocycles. The third-order valence-electron chi connectivity index (χ3n) is 7.75. The smallest absolute Gasteiger partial charge is 0.422 e. The number of carboxylic acids is 1. The number of carbonyl (C=O) groups is 4. The van der Waals surface area contributed by atoms with Crippen LogP contribution in [0.15, 0.2) is 72.8 Å². The number of anilines is 4. The number of ketones is 1. The van der Waals surface area contributed by atoms with E-state index >= 15 is 0 Å². The molecule has 14 nitrogen and oxygen atoms in total. The lowest BCUT2D eigenvalue weighted by Gasteiger charge is -2.19. The first-order chi connectivity index (χ1) is 24.7. The van der Waals surface area contributed by atoms with E-state index in [1.807, 2.05) is 12.1 Å². The Hall–Kier alpha value is -5.97. The summed E-state index contributed by atoms with van der Waals surface area (Å²) in [5.41, 5.74) is 1.02. The van der Waals surface area contributed by atoms with Gasteiger partial charge in [0.05, 0.1) is 12.6 Å². The molecule has 18 heteroatoms. The summed E-state index contributed by atoms with van der Waals surface area (Å²) in [6.45, 7) is -1.63. The summed E-state index contributed by atoms with van der Waals surface area (Å²) in [6, 6.07) is 16.8. The van der Waals surface area contributed by atoms with Crippen molar-refractivity contribution in [1.29, 1.82) is 0 Å². The number of Topliss-reactive ketones (excluding diaryl/α,β-unsaturated/α-hetero) is 1. The van der Waals surface area contributed by atoms with Crippen molar-refractivity contribution in [3.63, 3.8) is 0 Å². The Morgan fingerprint density at radius 2 is 1.54 bits per heavy atom. The molecular formula is C34H31ClF3N7O7. The van der Waals surface area contributed by atoms with Crippen molar-refractivity contribution in [2.24, 2.45) is 0 Å². The van der Waals surface area contributed by atoms with Gasteiger partial charge in [-0.15, -0.1) is 0 Å². The van der Waals surface area contributed by atoms with Crippen LogP contribution in [-0.4, -0.2) is 69.6 Å². The van der Waals surface area contributed by atoms with Gasteiger partial charge in [0.15, 0.2) is 6.61 Å². The van der Waals surface area contributed by atoms with Gasteiger partial charge < -0.3 is 35.8 Å². The number of aromatic nitrogens is 3. The molecule has 0 unspecified atom stereocenters. The van der Waals surface area contributed by atoms with Gasteiger partial charge in [-0.3, -0.25) is 14.4 Å². The molecule has 1 saturated carbocycles. The van der Waals surface area contributed by atoms with Crippen LogP contribution in [0.4, 0.5) is 36.4 Å². The molecule has 1 fully saturated rings. The molecule has 1 aliphatic carbocycles. The Balaban J connectivity index is 1.21. The zero-order valence-electron chi connectivity index (χ0n) is 27.3. The summed E-state index contributed by atoms with van der Waals surface area (Å²) in [5.74, 6) is -3.68. The van der Waals surface area contributed by atoms with Crippen LogP contribution in [0.1, 0.15) is 41.6 Å². The minimum atomic E-state index is -4.65. The quantitative estimate of drug-likeness (QED) is 0.0908.